The van der Waals surface area contributed by atoms with Crippen molar-refractivity contribution in [3.05, 3.63) is 87.7 Å². The molecule has 0 radical (unpaired) electrons. The average Bonchev–Trinajstić information content (AvgIpc) is 2.77. The van der Waals surface area contributed by atoms with E-state index in [1.165, 1.54) is 30.5 Å². The van der Waals surface area contributed by atoms with Crippen LogP contribution in [0.15, 0.2) is 65.8 Å². The zero-order valence-corrected chi connectivity index (χ0v) is 19.6. The lowest BCUT2D eigenvalue weighted by molar-refractivity contribution is 0.0728. The van der Waals surface area contributed by atoms with Crippen molar-refractivity contribution in [3.8, 4) is 11.5 Å². The molecule has 6 nitrogen and oxygen atoms in total. The number of thiocarbonyl (C=S) groups is 1. The molecule has 0 aliphatic rings. The second-order valence-electron chi connectivity index (χ2n) is 6.48. The van der Waals surface area contributed by atoms with Crippen LogP contribution in [0, 0.1) is 5.82 Å². The van der Waals surface area contributed by atoms with E-state index in [2.05, 4.69) is 15.8 Å². The van der Waals surface area contributed by atoms with E-state index in [-0.39, 0.29) is 27.3 Å². The molecule has 0 saturated carbocycles. The molecule has 0 bridgehead atoms. The molecular formula is C23H18Cl2FN3O3S. The lowest BCUT2D eigenvalue weighted by Gasteiger charge is -2.12. The first-order chi connectivity index (χ1) is 15.9. The van der Waals surface area contributed by atoms with Crippen molar-refractivity contribution in [1.29, 1.82) is 0 Å². The Labute approximate surface area is 205 Å². The maximum atomic E-state index is 13.0. The van der Waals surface area contributed by atoms with E-state index < -0.39 is 5.97 Å². The molecule has 2 N–H and O–H groups in total. The maximum absolute atomic E-state index is 13.0. The molecule has 3 rings (SSSR count). The van der Waals surface area contributed by atoms with E-state index in [1.54, 1.807) is 36.4 Å². The standard InChI is InChI=1S/C23H18Cl2FN3O3S/c1-2-31-21-11-14(13-27-29-23(33)28-17-7-5-16(26)6-8-17)3-10-20(21)32-22(30)18-9-4-15(24)12-19(18)25/h3-13H,2H2,1H3,(H2,28,29,33)/b27-13+. The van der Waals surface area contributed by atoms with Crippen molar-refractivity contribution in [2.75, 3.05) is 11.9 Å². The molecule has 0 aromatic heterocycles. The number of nitrogens with zero attached hydrogens (tertiary/aromatic N) is 1. The van der Waals surface area contributed by atoms with E-state index >= 15 is 0 Å². The summed E-state index contributed by atoms with van der Waals surface area (Å²) in [5.41, 5.74) is 4.14. The number of hydrazone groups is 1. The summed E-state index contributed by atoms with van der Waals surface area (Å²) in [6.07, 6.45) is 1.52. The van der Waals surface area contributed by atoms with Crippen LogP contribution in [0.1, 0.15) is 22.8 Å². The number of ether oxygens (including phenoxy) is 2. The zero-order valence-electron chi connectivity index (χ0n) is 17.3. The molecule has 10 heteroatoms. The van der Waals surface area contributed by atoms with Crippen molar-refractivity contribution >= 4 is 58.4 Å². The Morgan fingerprint density at radius 2 is 1.85 bits per heavy atom. The summed E-state index contributed by atoms with van der Waals surface area (Å²) in [7, 11) is 0. The van der Waals surface area contributed by atoms with Gasteiger partial charge in [-0.05, 0) is 85.4 Å². The molecular weight excluding hydrogens is 488 g/mol. The van der Waals surface area contributed by atoms with Crippen molar-refractivity contribution < 1.29 is 18.7 Å². The summed E-state index contributed by atoms with van der Waals surface area (Å²) in [4.78, 5) is 12.5. The second-order valence-corrected chi connectivity index (χ2v) is 7.74. The van der Waals surface area contributed by atoms with Gasteiger partial charge in [-0.15, -0.1) is 0 Å². The van der Waals surface area contributed by atoms with Crippen LogP contribution in [0.2, 0.25) is 10.0 Å². The number of anilines is 1. The predicted molar refractivity (Wildman–Crippen MR) is 132 cm³/mol. The van der Waals surface area contributed by atoms with Crippen LogP contribution in [0.25, 0.3) is 0 Å². The largest absolute Gasteiger partial charge is 0.490 e. The maximum Gasteiger partial charge on any atom is 0.345 e. The molecule has 0 fully saturated rings. The highest BCUT2D eigenvalue weighted by atomic mass is 35.5. The SMILES string of the molecule is CCOc1cc(/C=N/NC(=S)Nc2ccc(F)cc2)ccc1OC(=O)c1ccc(Cl)cc1Cl. The topological polar surface area (TPSA) is 71.9 Å². The number of hydrogen-bond donors (Lipinski definition) is 2. The number of benzene rings is 3. The van der Waals surface area contributed by atoms with E-state index in [9.17, 15) is 9.18 Å². The van der Waals surface area contributed by atoms with Crippen LogP contribution >= 0.6 is 35.4 Å². The van der Waals surface area contributed by atoms with Gasteiger partial charge in [0, 0.05) is 10.7 Å². The van der Waals surface area contributed by atoms with Gasteiger partial charge in [0.1, 0.15) is 5.82 Å². The Hall–Kier alpha value is -3.20. The van der Waals surface area contributed by atoms with E-state index in [4.69, 9.17) is 44.9 Å². The summed E-state index contributed by atoms with van der Waals surface area (Å²) in [6, 6.07) is 15.2. The molecule has 3 aromatic carbocycles. The Bertz CT molecular complexity index is 1190. The summed E-state index contributed by atoms with van der Waals surface area (Å²) in [5.74, 6) is -0.399. The van der Waals surface area contributed by atoms with Crippen LogP contribution < -0.4 is 20.2 Å². The minimum Gasteiger partial charge on any atom is -0.490 e. The fourth-order valence-electron chi connectivity index (χ4n) is 2.63. The van der Waals surface area contributed by atoms with Crippen LogP contribution in [0.5, 0.6) is 11.5 Å². The van der Waals surface area contributed by atoms with Gasteiger partial charge in [-0.25, -0.2) is 9.18 Å². The van der Waals surface area contributed by atoms with Gasteiger partial charge in [-0.3, -0.25) is 5.43 Å². The smallest absolute Gasteiger partial charge is 0.345 e. The third-order valence-electron chi connectivity index (χ3n) is 4.10. The number of hydrogen-bond acceptors (Lipinski definition) is 5. The van der Waals surface area contributed by atoms with Crippen molar-refractivity contribution in [3.63, 3.8) is 0 Å². The van der Waals surface area contributed by atoms with Gasteiger partial charge in [0.2, 0.25) is 0 Å². The molecule has 0 aliphatic carbocycles. The fourth-order valence-corrected chi connectivity index (χ4v) is 3.28. The van der Waals surface area contributed by atoms with Crippen LogP contribution in [-0.4, -0.2) is 23.9 Å². The molecule has 0 heterocycles. The molecule has 0 amide bonds. The van der Waals surface area contributed by atoms with Gasteiger partial charge in [-0.1, -0.05) is 23.2 Å². The second kappa shape index (κ2) is 11.6. The minimum absolute atomic E-state index is 0.181. The number of nitrogens with one attached hydrogen (secondary N) is 2. The first-order valence-corrected chi connectivity index (χ1v) is 10.8. The highest BCUT2D eigenvalue weighted by molar-refractivity contribution is 7.80. The number of rotatable bonds is 7. The number of carbonyl (C=O) groups excluding carboxylic acids is 1. The van der Waals surface area contributed by atoms with Gasteiger partial charge in [0.15, 0.2) is 16.6 Å². The lowest BCUT2D eigenvalue weighted by atomic mass is 10.2. The molecule has 0 atom stereocenters. The van der Waals surface area contributed by atoms with Crippen molar-refractivity contribution in [2.45, 2.75) is 6.92 Å². The average molecular weight is 506 g/mol. The molecule has 0 spiro atoms. The fraction of sp³-hybridized carbons (Fsp3) is 0.0870. The van der Waals surface area contributed by atoms with Gasteiger partial charge in [0.25, 0.3) is 0 Å². The Balaban J connectivity index is 1.66. The minimum atomic E-state index is -0.641. The third kappa shape index (κ3) is 7.15. The molecule has 170 valence electrons. The van der Waals surface area contributed by atoms with Gasteiger partial charge in [-0.2, -0.15) is 5.10 Å². The molecule has 33 heavy (non-hydrogen) atoms. The van der Waals surface area contributed by atoms with E-state index in [1.807, 2.05) is 6.92 Å². The Morgan fingerprint density at radius 3 is 2.55 bits per heavy atom. The number of esters is 1. The summed E-state index contributed by atoms with van der Waals surface area (Å²) in [6.45, 7) is 2.17. The van der Waals surface area contributed by atoms with Gasteiger partial charge in [0.05, 0.1) is 23.4 Å². The highest BCUT2D eigenvalue weighted by Crippen LogP contribution is 2.30. The number of halogens is 3. The van der Waals surface area contributed by atoms with Gasteiger partial charge >= 0.3 is 5.97 Å². The highest BCUT2D eigenvalue weighted by Gasteiger charge is 2.16. The van der Waals surface area contributed by atoms with Crippen LogP contribution in [-0.2, 0) is 0 Å². The third-order valence-corrected chi connectivity index (χ3v) is 4.84. The quantitative estimate of drug-likeness (QED) is 0.133. The van der Waals surface area contributed by atoms with Crippen LogP contribution in [0.3, 0.4) is 0 Å². The molecule has 0 unspecified atom stereocenters. The summed E-state index contributed by atoms with van der Waals surface area (Å²) >= 11 is 17.1. The summed E-state index contributed by atoms with van der Waals surface area (Å²) in [5, 5.41) is 7.78. The predicted octanol–water partition coefficient (Wildman–Crippen LogP) is 6.07. The Morgan fingerprint density at radius 1 is 1.09 bits per heavy atom. The number of carbonyl (C=O) groups is 1. The van der Waals surface area contributed by atoms with Crippen molar-refractivity contribution in [1.82, 2.24) is 5.43 Å². The van der Waals surface area contributed by atoms with E-state index in [0.29, 0.717) is 28.6 Å². The Kier molecular flexibility index (Phi) is 8.59. The van der Waals surface area contributed by atoms with Gasteiger partial charge < -0.3 is 14.8 Å². The van der Waals surface area contributed by atoms with Crippen molar-refractivity contribution in [2.24, 2.45) is 5.10 Å². The first kappa shape index (κ1) is 24.4. The lowest BCUT2D eigenvalue weighted by Crippen LogP contribution is -2.23. The monoisotopic (exact) mass is 505 g/mol. The zero-order chi connectivity index (χ0) is 23.8. The first-order valence-electron chi connectivity index (χ1n) is 9.65. The summed E-state index contributed by atoms with van der Waals surface area (Å²) < 4.78 is 24.0. The molecule has 0 aliphatic heterocycles. The normalized spacial score (nSPS) is 10.7. The molecule has 3 aromatic rings. The van der Waals surface area contributed by atoms with Crippen LogP contribution in [0.4, 0.5) is 10.1 Å². The van der Waals surface area contributed by atoms with E-state index in [0.717, 1.165) is 0 Å². The molecule has 0 saturated heterocycles.